The topological polar surface area (TPSA) is 6.48 Å². The molecule has 2 nitrogen and oxygen atoms in total. The largest absolute Gasteiger partial charge is 0.311 e. The first-order valence-corrected chi connectivity index (χ1v) is 22.5. The van der Waals surface area contributed by atoms with Crippen LogP contribution in [-0.2, 0) is 5.41 Å². The number of hydrogen-bond donors (Lipinski definition) is 0. The summed E-state index contributed by atoms with van der Waals surface area (Å²) in [6.45, 7) is 4.70. The molecule has 10 aromatic rings. The molecule has 0 fully saturated rings. The van der Waals surface area contributed by atoms with E-state index in [0.717, 1.165) is 39.7 Å². The lowest BCUT2D eigenvalue weighted by molar-refractivity contribution is 0.660. The van der Waals surface area contributed by atoms with Crippen molar-refractivity contribution >= 4 is 34.1 Å². The predicted molar refractivity (Wildman–Crippen MR) is 275 cm³/mol. The summed E-state index contributed by atoms with van der Waals surface area (Å²) in [6, 6.07) is 92.4. The average Bonchev–Trinajstić information content (AvgIpc) is 3.61. The minimum absolute atomic E-state index is 0.109. The number of para-hydroxylation sites is 1. The summed E-state index contributed by atoms with van der Waals surface area (Å²) in [5, 5.41) is 0. The van der Waals surface area contributed by atoms with Crippen LogP contribution in [0.5, 0.6) is 0 Å². The van der Waals surface area contributed by atoms with Crippen LogP contribution in [0.3, 0.4) is 0 Å². The van der Waals surface area contributed by atoms with E-state index in [1.54, 1.807) is 0 Å². The zero-order valence-corrected chi connectivity index (χ0v) is 36.6. The molecule has 0 N–H and O–H groups in total. The number of anilines is 6. The molecule has 0 bridgehead atoms. The van der Waals surface area contributed by atoms with Gasteiger partial charge in [0.1, 0.15) is 0 Å². The van der Waals surface area contributed by atoms with Gasteiger partial charge in [0.25, 0.3) is 0 Å². The molecular formula is C63H48N2. The van der Waals surface area contributed by atoms with Gasteiger partial charge < -0.3 is 9.80 Å². The highest BCUT2D eigenvalue weighted by Crippen LogP contribution is 2.51. The van der Waals surface area contributed by atoms with Gasteiger partial charge in [0.2, 0.25) is 0 Å². The van der Waals surface area contributed by atoms with Crippen molar-refractivity contribution in [1.29, 1.82) is 0 Å². The first kappa shape index (κ1) is 39.6. The van der Waals surface area contributed by atoms with Gasteiger partial charge in [0.05, 0.1) is 0 Å². The minimum Gasteiger partial charge on any atom is -0.311 e. The Balaban J connectivity index is 0.993. The third kappa shape index (κ3) is 7.49. The molecule has 0 spiro atoms. The van der Waals surface area contributed by atoms with Crippen LogP contribution in [0.15, 0.2) is 255 Å². The Hall–Kier alpha value is -8.20. The van der Waals surface area contributed by atoms with Gasteiger partial charge in [-0.15, -0.1) is 0 Å². The lowest BCUT2D eigenvalue weighted by atomic mass is 9.82. The molecule has 310 valence electrons. The highest BCUT2D eigenvalue weighted by Gasteiger charge is 2.35. The Morgan fingerprint density at radius 3 is 1.11 bits per heavy atom. The van der Waals surface area contributed by atoms with Crippen LogP contribution >= 0.6 is 0 Å². The summed E-state index contributed by atoms with van der Waals surface area (Å²) in [5.74, 6) is 0. The Morgan fingerprint density at radius 1 is 0.231 bits per heavy atom. The Labute approximate surface area is 383 Å². The maximum atomic E-state index is 2.41. The monoisotopic (exact) mass is 832 g/mol. The molecule has 0 radical (unpaired) electrons. The molecule has 1 aliphatic rings. The average molecular weight is 833 g/mol. The second-order valence-electron chi connectivity index (χ2n) is 17.4. The predicted octanol–water partition coefficient (Wildman–Crippen LogP) is 17.6. The maximum absolute atomic E-state index is 2.41. The van der Waals surface area contributed by atoms with Gasteiger partial charge in [-0.2, -0.15) is 0 Å². The molecule has 2 heteroatoms. The van der Waals surface area contributed by atoms with E-state index >= 15 is 0 Å². The van der Waals surface area contributed by atoms with Gasteiger partial charge in [0, 0.05) is 39.5 Å². The number of hydrogen-bond acceptors (Lipinski definition) is 2. The summed E-state index contributed by atoms with van der Waals surface area (Å²) in [4.78, 5) is 4.76. The van der Waals surface area contributed by atoms with E-state index in [1.165, 1.54) is 61.2 Å². The molecule has 0 amide bonds. The van der Waals surface area contributed by atoms with Crippen LogP contribution in [0.4, 0.5) is 34.1 Å². The summed E-state index contributed by atoms with van der Waals surface area (Å²) in [7, 11) is 0. The van der Waals surface area contributed by atoms with Crippen molar-refractivity contribution in [2.45, 2.75) is 19.3 Å². The normalized spacial score (nSPS) is 12.3. The van der Waals surface area contributed by atoms with Crippen LogP contribution in [0.1, 0.15) is 25.0 Å². The van der Waals surface area contributed by atoms with Crippen LogP contribution in [0, 0.1) is 0 Å². The van der Waals surface area contributed by atoms with Gasteiger partial charge in [-0.25, -0.2) is 0 Å². The number of benzene rings is 10. The first-order valence-electron chi connectivity index (χ1n) is 22.5. The van der Waals surface area contributed by atoms with Crippen LogP contribution in [-0.4, -0.2) is 0 Å². The van der Waals surface area contributed by atoms with Gasteiger partial charge in [-0.05, 0) is 140 Å². The van der Waals surface area contributed by atoms with Crippen molar-refractivity contribution in [2.75, 3.05) is 9.80 Å². The number of fused-ring (bicyclic) bond motifs is 3. The molecule has 0 aromatic heterocycles. The summed E-state index contributed by atoms with van der Waals surface area (Å²) < 4.78 is 0. The number of rotatable bonds is 10. The highest BCUT2D eigenvalue weighted by molar-refractivity contribution is 5.91. The van der Waals surface area contributed by atoms with Crippen molar-refractivity contribution in [3.63, 3.8) is 0 Å². The Morgan fingerprint density at radius 2 is 0.569 bits per heavy atom. The van der Waals surface area contributed by atoms with Crippen molar-refractivity contribution in [2.24, 2.45) is 0 Å². The molecule has 0 heterocycles. The fourth-order valence-electron chi connectivity index (χ4n) is 9.74. The SMILES string of the molecule is CC1(C)c2ccccc2-c2ccc(N(c3ccccc3)c3ccc(-c4ccc(N(c5ccc(-c6ccccc6)cc5)c5ccc(-c6ccccc6)cc5)cc4)c(-c4ccccc4)c3)cc21. The Kier molecular flexibility index (Phi) is 10.3. The molecule has 65 heavy (non-hydrogen) atoms. The van der Waals surface area contributed by atoms with Crippen molar-refractivity contribution in [3.8, 4) is 55.6 Å². The third-order valence-corrected chi connectivity index (χ3v) is 13.1. The van der Waals surface area contributed by atoms with Crippen LogP contribution < -0.4 is 9.80 Å². The van der Waals surface area contributed by atoms with Crippen LogP contribution in [0.2, 0.25) is 0 Å². The van der Waals surface area contributed by atoms with E-state index in [-0.39, 0.29) is 5.41 Å². The Bertz CT molecular complexity index is 3150. The standard InChI is InChI=1S/C63H48N2/c1-63(2)61-26-16-15-25-58(61)59-42-40-56(44-62(59)63)65(51-23-13-6-14-24-51)55-39-41-57(60(43-55)49-21-11-5-12-22-49)50-31-37-54(38-32-50)64(52-33-27-47(28-34-52)45-17-7-3-8-18-45)53-35-29-48(30-36-53)46-19-9-4-10-20-46/h3-44H,1-2H3. The molecular weight excluding hydrogens is 785 g/mol. The smallest absolute Gasteiger partial charge is 0.0468 e. The third-order valence-electron chi connectivity index (χ3n) is 13.1. The van der Waals surface area contributed by atoms with E-state index in [2.05, 4.69) is 278 Å². The van der Waals surface area contributed by atoms with Gasteiger partial charge in [0.15, 0.2) is 0 Å². The molecule has 11 rings (SSSR count). The highest BCUT2D eigenvalue weighted by atomic mass is 15.1. The van der Waals surface area contributed by atoms with E-state index in [9.17, 15) is 0 Å². The van der Waals surface area contributed by atoms with Crippen molar-refractivity contribution < 1.29 is 0 Å². The van der Waals surface area contributed by atoms with Crippen LogP contribution in [0.25, 0.3) is 55.6 Å². The maximum Gasteiger partial charge on any atom is 0.0468 e. The summed E-state index contributed by atoms with van der Waals surface area (Å²) >= 11 is 0. The lowest BCUT2D eigenvalue weighted by Crippen LogP contribution is -2.16. The molecule has 10 aromatic carbocycles. The van der Waals surface area contributed by atoms with Crippen molar-refractivity contribution in [1.82, 2.24) is 0 Å². The molecule has 0 atom stereocenters. The molecule has 0 saturated carbocycles. The van der Waals surface area contributed by atoms with Crippen molar-refractivity contribution in [3.05, 3.63) is 266 Å². The minimum atomic E-state index is -0.109. The van der Waals surface area contributed by atoms with E-state index in [1.807, 2.05) is 0 Å². The van der Waals surface area contributed by atoms with E-state index in [0.29, 0.717) is 0 Å². The van der Waals surface area contributed by atoms with Gasteiger partial charge >= 0.3 is 0 Å². The molecule has 0 saturated heterocycles. The first-order chi connectivity index (χ1) is 32.0. The van der Waals surface area contributed by atoms with E-state index in [4.69, 9.17) is 0 Å². The second kappa shape index (κ2) is 16.8. The van der Waals surface area contributed by atoms with Gasteiger partial charge in [-0.1, -0.05) is 196 Å². The molecule has 1 aliphatic carbocycles. The second-order valence-corrected chi connectivity index (χ2v) is 17.4. The lowest BCUT2D eigenvalue weighted by Gasteiger charge is -2.29. The quantitative estimate of drug-likeness (QED) is 0.135. The zero-order chi connectivity index (χ0) is 43.7. The fourth-order valence-corrected chi connectivity index (χ4v) is 9.74. The number of nitrogens with zero attached hydrogens (tertiary/aromatic N) is 2. The van der Waals surface area contributed by atoms with Gasteiger partial charge in [-0.3, -0.25) is 0 Å². The summed E-state index contributed by atoms with van der Waals surface area (Å²) in [5.41, 5.74) is 21.4. The molecule has 0 aliphatic heterocycles. The zero-order valence-electron chi connectivity index (χ0n) is 36.6. The van der Waals surface area contributed by atoms with E-state index < -0.39 is 0 Å². The fraction of sp³-hybridized carbons (Fsp3) is 0.0476. The molecule has 0 unspecified atom stereocenters. The summed E-state index contributed by atoms with van der Waals surface area (Å²) in [6.07, 6.45) is 0.